The zero-order chi connectivity index (χ0) is 26.1. The van der Waals surface area contributed by atoms with Crippen molar-refractivity contribution in [2.24, 2.45) is 5.10 Å². The van der Waals surface area contributed by atoms with Crippen molar-refractivity contribution in [3.63, 3.8) is 0 Å². The van der Waals surface area contributed by atoms with Crippen molar-refractivity contribution in [3.05, 3.63) is 94.0 Å². The number of anilines is 1. The lowest BCUT2D eigenvalue weighted by Gasteiger charge is -2.13. The maximum Gasteiger partial charge on any atom is 0.329 e. The Morgan fingerprint density at radius 1 is 0.972 bits per heavy atom. The summed E-state index contributed by atoms with van der Waals surface area (Å²) in [7, 11) is 0. The van der Waals surface area contributed by atoms with Gasteiger partial charge in [0.25, 0.3) is 5.91 Å². The van der Waals surface area contributed by atoms with Gasteiger partial charge in [-0.2, -0.15) is 5.10 Å². The third kappa shape index (κ3) is 7.68. The Morgan fingerprint density at radius 2 is 1.72 bits per heavy atom. The van der Waals surface area contributed by atoms with Crippen LogP contribution < -0.4 is 20.8 Å². The van der Waals surface area contributed by atoms with Gasteiger partial charge >= 0.3 is 11.8 Å². The van der Waals surface area contributed by atoms with Crippen molar-refractivity contribution in [3.8, 4) is 5.75 Å². The van der Waals surface area contributed by atoms with Crippen molar-refractivity contribution < 1.29 is 19.1 Å². The van der Waals surface area contributed by atoms with Crippen LogP contribution in [0.2, 0.25) is 5.02 Å². The highest BCUT2D eigenvalue weighted by Gasteiger charge is 2.16. The molecule has 0 unspecified atom stereocenters. The number of nitrogens with one attached hydrogen (secondary N) is 3. The fraction of sp³-hybridized carbons (Fsp3) is 0.185. The molecule has 0 aliphatic carbocycles. The van der Waals surface area contributed by atoms with Crippen LogP contribution in [0.5, 0.6) is 5.75 Å². The predicted octanol–water partition coefficient (Wildman–Crippen LogP) is 4.30. The number of hydrogen-bond acceptors (Lipinski definition) is 5. The maximum absolute atomic E-state index is 12.3. The number of rotatable bonds is 8. The number of carbonyl (C=O) groups is 3. The van der Waals surface area contributed by atoms with Crippen LogP contribution in [-0.2, 0) is 14.4 Å². The molecule has 3 aromatic rings. The minimum atomic E-state index is -0.925. The van der Waals surface area contributed by atoms with Crippen LogP contribution in [0, 0.1) is 13.8 Å². The molecule has 8 nitrogen and oxygen atoms in total. The van der Waals surface area contributed by atoms with Gasteiger partial charge in [0.1, 0.15) is 5.75 Å². The normalized spacial score (nSPS) is 11.6. The molecule has 3 N–H and O–H groups in total. The van der Waals surface area contributed by atoms with E-state index in [2.05, 4.69) is 21.2 Å². The van der Waals surface area contributed by atoms with Gasteiger partial charge in [-0.15, -0.1) is 0 Å². The molecule has 3 rings (SSSR count). The number of aryl methyl sites for hydroxylation is 2. The van der Waals surface area contributed by atoms with Gasteiger partial charge in [0, 0.05) is 16.3 Å². The molecule has 1 atom stereocenters. The van der Waals surface area contributed by atoms with Gasteiger partial charge in [-0.3, -0.25) is 14.4 Å². The third-order valence-electron chi connectivity index (χ3n) is 5.34. The van der Waals surface area contributed by atoms with Crippen LogP contribution in [0.1, 0.15) is 35.2 Å². The number of carbonyl (C=O) groups excluding carboxylic acids is 3. The highest BCUT2D eigenvalue weighted by molar-refractivity contribution is 6.35. The largest absolute Gasteiger partial charge is 0.483 e. The second-order valence-corrected chi connectivity index (χ2v) is 8.56. The second kappa shape index (κ2) is 12.5. The fourth-order valence-corrected chi connectivity index (χ4v) is 3.39. The van der Waals surface area contributed by atoms with E-state index in [1.54, 1.807) is 25.1 Å². The van der Waals surface area contributed by atoms with Crippen molar-refractivity contribution >= 4 is 41.2 Å². The predicted molar refractivity (Wildman–Crippen MR) is 140 cm³/mol. The van der Waals surface area contributed by atoms with Crippen LogP contribution in [0.4, 0.5) is 5.69 Å². The standard InChI is InChI=1S/C27H27ClN4O4/c1-17-9-11-23(13-18(17)2)31-25(33)16-36-24-12-10-22(28)14-21(24)15-29-32-27(35)26(34)30-19(3)20-7-5-4-6-8-20/h4-15,19H,16H2,1-3H3,(H,30,34)(H,31,33)(H,32,35)/b29-15-/t19-/m1/s1. The fourth-order valence-electron chi connectivity index (χ4n) is 3.21. The van der Waals surface area contributed by atoms with E-state index in [1.807, 2.05) is 62.4 Å². The molecule has 0 aliphatic rings. The maximum atomic E-state index is 12.3. The Balaban J connectivity index is 1.56. The molecular weight excluding hydrogens is 480 g/mol. The minimum Gasteiger partial charge on any atom is -0.483 e. The van der Waals surface area contributed by atoms with E-state index in [9.17, 15) is 14.4 Å². The molecule has 0 heterocycles. The van der Waals surface area contributed by atoms with Crippen molar-refractivity contribution in [1.29, 1.82) is 0 Å². The number of hydrazone groups is 1. The average Bonchev–Trinajstić information content (AvgIpc) is 2.86. The number of amides is 3. The summed E-state index contributed by atoms with van der Waals surface area (Å²) in [5.41, 5.74) is 6.33. The molecule has 186 valence electrons. The summed E-state index contributed by atoms with van der Waals surface area (Å²) in [6, 6.07) is 19.3. The van der Waals surface area contributed by atoms with Gasteiger partial charge in [0.2, 0.25) is 0 Å². The Kier molecular flexibility index (Phi) is 9.19. The highest BCUT2D eigenvalue weighted by atomic mass is 35.5. The first-order chi connectivity index (χ1) is 17.2. The molecule has 36 heavy (non-hydrogen) atoms. The highest BCUT2D eigenvalue weighted by Crippen LogP contribution is 2.22. The molecule has 3 aromatic carbocycles. The van der Waals surface area contributed by atoms with Gasteiger partial charge in [-0.05, 0) is 67.8 Å². The monoisotopic (exact) mass is 506 g/mol. The number of halogens is 1. The van der Waals surface area contributed by atoms with Crippen LogP contribution in [0.15, 0.2) is 71.8 Å². The SMILES string of the molecule is Cc1ccc(NC(=O)COc2ccc(Cl)cc2/C=N\NC(=O)C(=O)N[C@H](C)c2ccccc2)cc1C. The molecule has 9 heteroatoms. The molecule has 0 saturated carbocycles. The second-order valence-electron chi connectivity index (χ2n) is 8.12. The molecule has 3 amide bonds. The summed E-state index contributed by atoms with van der Waals surface area (Å²) < 4.78 is 5.63. The first kappa shape index (κ1) is 26.4. The van der Waals surface area contributed by atoms with E-state index in [0.29, 0.717) is 22.0 Å². The summed E-state index contributed by atoms with van der Waals surface area (Å²) in [4.78, 5) is 36.6. The summed E-state index contributed by atoms with van der Waals surface area (Å²) in [5, 5.41) is 9.63. The lowest BCUT2D eigenvalue weighted by molar-refractivity contribution is -0.139. The Labute approximate surface area is 214 Å². The lowest BCUT2D eigenvalue weighted by Crippen LogP contribution is -2.39. The number of ether oxygens (including phenoxy) is 1. The lowest BCUT2D eigenvalue weighted by atomic mass is 10.1. The third-order valence-corrected chi connectivity index (χ3v) is 5.58. The molecule has 0 saturated heterocycles. The Hall–Kier alpha value is -4.17. The summed E-state index contributed by atoms with van der Waals surface area (Å²) in [6.07, 6.45) is 1.29. The molecule has 0 fully saturated rings. The molecule has 0 spiro atoms. The molecule has 0 radical (unpaired) electrons. The first-order valence-electron chi connectivity index (χ1n) is 11.2. The number of nitrogens with zero attached hydrogens (tertiary/aromatic N) is 1. The molecule has 0 bridgehead atoms. The van der Waals surface area contributed by atoms with E-state index in [1.165, 1.54) is 6.21 Å². The van der Waals surface area contributed by atoms with E-state index >= 15 is 0 Å². The summed E-state index contributed by atoms with van der Waals surface area (Å²) in [5.74, 6) is -1.76. The topological polar surface area (TPSA) is 109 Å². The number of benzene rings is 3. The van der Waals surface area contributed by atoms with Gasteiger partial charge in [0.05, 0.1) is 12.3 Å². The quantitative estimate of drug-likeness (QED) is 0.240. The molecule has 0 aliphatic heterocycles. The zero-order valence-corrected chi connectivity index (χ0v) is 20.9. The van der Waals surface area contributed by atoms with Crippen molar-refractivity contribution in [1.82, 2.24) is 10.7 Å². The van der Waals surface area contributed by atoms with E-state index in [0.717, 1.165) is 16.7 Å². The van der Waals surface area contributed by atoms with Crippen molar-refractivity contribution in [2.75, 3.05) is 11.9 Å². The van der Waals surface area contributed by atoms with E-state index in [-0.39, 0.29) is 18.6 Å². The van der Waals surface area contributed by atoms with E-state index < -0.39 is 11.8 Å². The Morgan fingerprint density at radius 3 is 2.44 bits per heavy atom. The summed E-state index contributed by atoms with van der Waals surface area (Å²) >= 11 is 6.07. The minimum absolute atomic E-state index is 0.248. The van der Waals surface area contributed by atoms with Gasteiger partial charge in [-0.1, -0.05) is 48.0 Å². The van der Waals surface area contributed by atoms with Gasteiger partial charge in [-0.25, -0.2) is 5.43 Å². The summed E-state index contributed by atoms with van der Waals surface area (Å²) in [6.45, 7) is 5.48. The zero-order valence-electron chi connectivity index (χ0n) is 20.2. The average molecular weight is 507 g/mol. The van der Waals surface area contributed by atoms with Crippen LogP contribution in [-0.4, -0.2) is 30.5 Å². The molecular formula is C27H27ClN4O4. The van der Waals surface area contributed by atoms with Crippen LogP contribution in [0.3, 0.4) is 0 Å². The van der Waals surface area contributed by atoms with Crippen LogP contribution in [0.25, 0.3) is 0 Å². The molecule has 0 aromatic heterocycles. The van der Waals surface area contributed by atoms with Crippen molar-refractivity contribution in [2.45, 2.75) is 26.8 Å². The Bertz CT molecular complexity index is 1280. The van der Waals surface area contributed by atoms with Crippen LogP contribution >= 0.6 is 11.6 Å². The van der Waals surface area contributed by atoms with Gasteiger partial charge in [0.15, 0.2) is 6.61 Å². The van der Waals surface area contributed by atoms with E-state index in [4.69, 9.17) is 16.3 Å². The first-order valence-corrected chi connectivity index (χ1v) is 11.6. The van der Waals surface area contributed by atoms with Gasteiger partial charge < -0.3 is 15.4 Å². The smallest absolute Gasteiger partial charge is 0.329 e. The number of hydrogen-bond donors (Lipinski definition) is 3.